The lowest BCUT2D eigenvalue weighted by Crippen LogP contribution is -2.17. The fraction of sp³-hybridized carbons (Fsp3) is 0.273. The number of fused-ring (bicyclic) bond motifs is 1. The van der Waals surface area contributed by atoms with Gasteiger partial charge < -0.3 is 10.1 Å². The van der Waals surface area contributed by atoms with Crippen LogP contribution in [0.3, 0.4) is 0 Å². The highest BCUT2D eigenvalue weighted by molar-refractivity contribution is 6.30. The molecule has 1 N–H and O–H groups in total. The number of halogens is 1. The van der Waals surface area contributed by atoms with Crippen LogP contribution in [0.5, 0.6) is 5.75 Å². The van der Waals surface area contributed by atoms with Crippen molar-refractivity contribution in [1.82, 2.24) is 5.32 Å². The molecule has 1 aromatic rings. The van der Waals surface area contributed by atoms with Crippen molar-refractivity contribution in [3.8, 4) is 5.75 Å². The van der Waals surface area contributed by atoms with Gasteiger partial charge in [0, 0.05) is 17.1 Å². The molecule has 1 aromatic carbocycles. The summed E-state index contributed by atoms with van der Waals surface area (Å²) in [6, 6.07) is 5.67. The molecule has 3 heteroatoms. The number of rotatable bonds is 2. The second-order valence-electron chi connectivity index (χ2n) is 3.30. The van der Waals surface area contributed by atoms with Crippen molar-refractivity contribution < 1.29 is 4.74 Å². The van der Waals surface area contributed by atoms with Crippen LogP contribution in [-0.4, -0.2) is 20.2 Å². The van der Waals surface area contributed by atoms with Crippen molar-refractivity contribution in [1.29, 1.82) is 0 Å². The quantitative estimate of drug-likeness (QED) is 0.808. The van der Waals surface area contributed by atoms with E-state index >= 15 is 0 Å². The molecule has 0 atom stereocenters. The van der Waals surface area contributed by atoms with E-state index in [0.717, 1.165) is 22.9 Å². The average Bonchev–Trinajstić information content (AvgIpc) is 2.17. The Morgan fingerprint density at radius 3 is 3.14 bits per heavy atom. The van der Waals surface area contributed by atoms with Crippen molar-refractivity contribution in [2.45, 2.75) is 0 Å². The van der Waals surface area contributed by atoms with Gasteiger partial charge in [-0.2, -0.15) is 0 Å². The topological polar surface area (TPSA) is 21.3 Å². The van der Waals surface area contributed by atoms with E-state index in [1.807, 2.05) is 25.2 Å². The maximum atomic E-state index is 5.90. The van der Waals surface area contributed by atoms with Gasteiger partial charge >= 0.3 is 0 Å². The van der Waals surface area contributed by atoms with Gasteiger partial charge in [0.15, 0.2) is 0 Å². The van der Waals surface area contributed by atoms with E-state index in [1.54, 1.807) is 0 Å². The predicted molar refractivity (Wildman–Crippen MR) is 58.9 cm³/mol. The Hall–Kier alpha value is -0.990. The summed E-state index contributed by atoms with van der Waals surface area (Å²) in [5, 5.41) is 3.85. The first kappa shape index (κ1) is 9.56. The van der Waals surface area contributed by atoms with Gasteiger partial charge in [0.25, 0.3) is 0 Å². The third kappa shape index (κ3) is 1.91. The lowest BCUT2D eigenvalue weighted by Gasteiger charge is -2.17. The van der Waals surface area contributed by atoms with Crippen LogP contribution >= 0.6 is 11.6 Å². The van der Waals surface area contributed by atoms with Crippen LogP contribution in [0.15, 0.2) is 23.8 Å². The summed E-state index contributed by atoms with van der Waals surface area (Å²) in [5.41, 5.74) is 2.30. The summed E-state index contributed by atoms with van der Waals surface area (Å²) in [4.78, 5) is 0. The minimum atomic E-state index is 0.662. The van der Waals surface area contributed by atoms with E-state index in [9.17, 15) is 0 Å². The first-order valence-corrected chi connectivity index (χ1v) is 4.94. The van der Waals surface area contributed by atoms with Gasteiger partial charge in [-0.1, -0.05) is 11.6 Å². The van der Waals surface area contributed by atoms with Gasteiger partial charge in [0.2, 0.25) is 0 Å². The first-order chi connectivity index (χ1) is 6.79. The summed E-state index contributed by atoms with van der Waals surface area (Å²) < 4.78 is 5.58. The smallest absolute Gasteiger partial charge is 0.127 e. The standard InChI is InChI=1S/C11H12ClNO/c1-13-6-8-4-9-5-10(12)2-3-11(9)14-7-8/h2-5,13H,6-7H2,1H3. The van der Waals surface area contributed by atoms with Crippen LogP contribution in [0, 0.1) is 0 Å². The van der Waals surface area contributed by atoms with Gasteiger partial charge in [0.1, 0.15) is 12.4 Å². The lowest BCUT2D eigenvalue weighted by molar-refractivity contribution is 0.344. The van der Waals surface area contributed by atoms with Crippen LogP contribution in [-0.2, 0) is 0 Å². The maximum absolute atomic E-state index is 5.90. The van der Waals surface area contributed by atoms with E-state index in [4.69, 9.17) is 16.3 Å². The Labute approximate surface area is 88.5 Å². The van der Waals surface area contributed by atoms with E-state index in [-0.39, 0.29) is 0 Å². The van der Waals surface area contributed by atoms with Crippen molar-refractivity contribution in [2.24, 2.45) is 0 Å². The van der Waals surface area contributed by atoms with Crippen molar-refractivity contribution in [2.75, 3.05) is 20.2 Å². The average molecular weight is 210 g/mol. The highest BCUT2D eigenvalue weighted by atomic mass is 35.5. The van der Waals surface area contributed by atoms with Crippen LogP contribution in [0.25, 0.3) is 6.08 Å². The van der Waals surface area contributed by atoms with Crippen molar-refractivity contribution >= 4 is 17.7 Å². The molecule has 0 saturated carbocycles. The monoisotopic (exact) mass is 209 g/mol. The normalized spacial score (nSPS) is 14.3. The molecule has 0 unspecified atom stereocenters. The number of nitrogens with one attached hydrogen (secondary N) is 1. The molecule has 2 rings (SSSR count). The lowest BCUT2D eigenvalue weighted by atomic mass is 10.1. The molecule has 0 saturated heterocycles. The molecule has 0 spiro atoms. The molecule has 1 aliphatic heterocycles. The van der Waals surface area contributed by atoms with Gasteiger partial charge in [-0.25, -0.2) is 0 Å². The summed E-state index contributed by atoms with van der Waals surface area (Å²) in [5.74, 6) is 0.911. The van der Waals surface area contributed by atoms with Gasteiger partial charge in [0.05, 0.1) is 0 Å². The zero-order valence-corrected chi connectivity index (χ0v) is 8.77. The third-order valence-corrected chi connectivity index (χ3v) is 2.38. The SMILES string of the molecule is CNCC1=Cc2cc(Cl)ccc2OC1. The molecule has 0 amide bonds. The highest BCUT2D eigenvalue weighted by Gasteiger charge is 2.10. The largest absolute Gasteiger partial charge is 0.489 e. The number of ether oxygens (including phenoxy) is 1. The molecule has 1 aliphatic rings. The molecular weight excluding hydrogens is 198 g/mol. The van der Waals surface area contributed by atoms with Gasteiger partial charge in [-0.15, -0.1) is 0 Å². The number of hydrogen-bond acceptors (Lipinski definition) is 2. The van der Waals surface area contributed by atoms with Crippen molar-refractivity contribution in [3.05, 3.63) is 34.4 Å². The first-order valence-electron chi connectivity index (χ1n) is 4.56. The molecular formula is C11H12ClNO. The van der Waals surface area contributed by atoms with Crippen LogP contribution in [0.2, 0.25) is 5.02 Å². The van der Waals surface area contributed by atoms with E-state index in [0.29, 0.717) is 6.61 Å². The number of benzene rings is 1. The Morgan fingerprint density at radius 1 is 1.50 bits per heavy atom. The third-order valence-electron chi connectivity index (χ3n) is 2.15. The summed E-state index contributed by atoms with van der Waals surface area (Å²) in [6.07, 6.45) is 2.13. The van der Waals surface area contributed by atoms with Crippen LogP contribution in [0.4, 0.5) is 0 Å². The second kappa shape index (κ2) is 4.03. The van der Waals surface area contributed by atoms with Crippen LogP contribution in [0.1, 0.15) is 5.56 Å². The van der Waals surface area contributed by atoms with Gasteiger partial charge in [-0.05, 0) is 36.9 Å². The fourth-order valence-corrected chi connectivity index (χ4v) is 1.71. The minimum Gasteiger partial charge on any atom is -0.489 e. The molecule has 0 radical (unpaired) electrons. The Kier molecular flexibility index (Phi) is 2.75. The van der Waals surface area contributed by atoms with E-state index < -0.39 is 0 Å². The molecule has 1 heterocycles. The summed E-state index contributed by atoms with van der Waals surface area (Å²) in [7, 11) is 1.92. The summed E-state index contributed by atoms with van der Waals surface area (Å²) >= 11 is 5.90. The molecule has 0 aliphatic carbocycles. The number of hydrogen-bond donors (Lipinski definition) is 1. The Bertz CT molecular complexity index is 374. The maximum Gasteiger partial charge on any atom is 0.127 e. The van der Waals surface area contributed by atoms with E-state index in [1.165, 1.54) is 5.57 Å². The Balaban J connectivity index is 2.32. The molecule has 0 bridgehead atoms. The molecule has 0 fully saturated rings. The van der Waals surface area contributed by atoms with Crippen molar-refractivity contribution in [3.63, 3.8) is 0 Å². The van der Waals surface area contributed by atoms with Gasteiger partial charge in [-0.3, -0.25) is 0 Å². The van der Waals surface area contributed by atoms with E-state index in [2.05, 4.69) is 11.4 Å². The fourth-order valence-electron chi connectivity index (χ4n) is 1.52. The molecule has 2 nitrogen and oxygen atoms in total. The zero-order chi connectivity index (χ0) is 9.97. The second-order valence-corrected chi connectivity index (χ2v) is 3.74. The molecule has 74 valence electrons. The Morgan fingerprint density at radius 2 is 2.36 bits per heavy atom. The molecule has 0 aromatic heterocycles. The molecule has 14 heavy (non-hydrogen) atoms. The number of likely N-dealkylation sites (N-methyl/N-ethyl adjacent to an activating group) is 1. The minimum absolute atomic E-state index is 0.662. The highest BCUT2D eigenvalue weighted by Crippen LogP contribution is 2.28. The zero-order valence-electron chi connectivity index (χ0n) is 8.01. The predicted octanol–water partition coefficient (Wildman–Crippen LogP) is 2.34. The van der Waals surface area contributed by atoms with Crippen LogP contribution < -0.4 is 10.1 Å². The summed E-state index contributed by atoms with van der Waals surface area (Å²) in [6.45, 7) is 1.52.